The van der Waals surface area contributed by atoms with Gasteiger partial charge in [-0.3, -0.25) is 9.69 Å². The minimum absolute atomic E-state index is 0.112. The van der Waals surface area contributed by atoms with Crippen LogP contribution >= 0.6 is 0 Å². The average molecular weight is 399 g/mol. The molecule has 0 aromatic heterocycles. The molecule has 2 aliphatic heterocycles. The zero-order valence-corrected chi connectivity index (χ0v) is 17.5. The molecule has 3 aliphatic rings. The lowest BCUT2D eigenvalue weighted by Gasteiger charge is -2.41. The molecule has 1 unspecified atom stereocenters. The van der Waals surface area contributed by atoms with Crippen molar-refractivity contribution in [3.63, 3.8) is 0 Å². The standard InChI is InChI=1S/C25H25N3O2/c1-24(2)15-25(22(29)28(3)23(26)27-25)20-14-19(11-12-21(20)30-24)18-6-4-5-17(13-18)10-9-16-7-8-16/h4-6,11-14,16H,7-8,15H2,1-3H3,(H2,26,27). The third kappa shape index (κ3) is 3.04. The van der Waals surface area contributed by atoms with Crippen molar-refractivity contribution in [2.24, 2.45) is 16.6 Å². The first kappa shape index (κ1) is 18.7. The molecular weight excluding hydrogens is 374 g/mol. The average Bonchev–Trinajstić information content (AvgIpc) is 3.51. The fourth-order valence-electron chi connectivity index (χ4n) is 4.35. The van der Waals surface area contributed by atoms with Crippen molar-refractivity contribution in [2.45, 2.75) is 44.2 Å². The molecule has 30 heavy (non-hydrogen) atoms. The van der Waals surface area contributed by atoms with Crippen LogP contribution < -0.4 is 10.5 Å². The normalized spacial score (nSPS) is 24.0. The Morgan fingerprint density at radius 2 is 1.93 bits per heavy atom. The number of fused-ring (bicyclic) bond motifs is 2. The summed E-state index contributed by atoms with van der Waals surface area (Å²) in [5.74, 6) is 7.97. The van der Waals surface area contributed by atoms with E-state index in [0.717, 1.165) is 22.3 Å². The van der Waals surface area contributed by atoms with E-state index < -0.39 is 11.1 Å². The van der Waals surface area contributed by atoms with E-state index in [9.17, 15) is 4.79 Å². The van der Waals surface area contributed by atoms with E-state index in [1.165, 1.54) is 17.7 Å². The van der Waals surface area contributed by atoms with Crippen molar-refractivity contribution in [2.75, 3.05) is 7.05 Å². The number of nitrogens with zero attached hydrogens (tertiary/aromatic N) is 2. The van der Waals surface area contributed by atoms with Crippen molar-refractivity contribution in [3.05, 3.63) is 53.6 Å². The minimum Gasteiger partial charge on any atom is -0.487 e. The van der Waals surface area contributed by atoms with Gasteiger partial charge in [0.05, 0.1) is 0 Å². The number of rotatable bonds is 1. The molecule has 0 bridgehead atoms. The van der Waals surface area contributed by atoms with Crippen LogP contribution in [0.25, 0.3) is 11.1 Å². The number of carbonyl (C=O) groups excluding carboxylic acids is 1. The Kier molecular flexibility index (Phi) is 3.98. The quantitative estimate of drug-likeness (QED) is 0.744. The van der Waals surface area contributed by atoms with E-state index in [1.807, 2.05) is 44.2 Å². The lowest BCUT2D eigenvalue weighted by atomic mass is 9.77. The monoisotopic (exact) mass is 399 g/mol. The number of guanidine groups is 1. The highest BCUT2D eigenvalue weighted by Gasteiger charge is 2.55. The van der Waals surface area contributed by atoms with Crippen LogP contribution in [0.3, 0.4) is 0 Å². The van der Waals surface area contributed by atoms with Crippen molar-refractivity contribution in [1.82, 2.24) is 4.90 Å². The molecule has 1 amide bonds. The molecule has 0 radical (unpaired) electrons. The molecule has 0 saturated heterocycles. The Hall–Kier alpha value is -3.26. The van der Waals surface area contributed by atoms with Crippen LogP contribution in [0.5, 0.6) is 5.75 Å². The minimum atomic E-state index is -1.05. The molecule has 2 aromatic carbocycles. The summed E-state index contributed by atoms with van der Waals surface area (Å²) in [5.41, 5.74) is 8.30. The van der Waals surface area contributed by atoms with Gasteiger partial charge in [0, 0.05) is 30.5 Å². The van der Waals surface area contributed by atoms with Crippen LogP contribution in [0.4, 0.5) is 0 Å². The molecule has 1 spiro atoms. The number of likely N-dealkylation sites (N-methyl/N-ethyl adjacent to an activating group) is 1. The largest absolute Gasteiger partial charge is 0.487 e. The predicted octanol–water partition coefficient (Wildman–Crippen LogP) is 3.66. The van der Waals surface area contributed by atoms with E-state index in [2.05, 4.69) is 29.0 Å². The second kappa shape index (κ2) is 6.37. The second-order valence-corrected chi connectivity index (χ2v) is 9.07. The van der Waals surface area contributed by atoms with Gasteiger partial charge in [0.1, 0.15) is 11.4 Å². The van der Waals surface area contributed by atoms with E-state index in [-0.39, 0.29) is 11.9 Å². The highest BCUT2D eigenvalue weighted by molar-refractivity contribution is 6.07. The third-order valence-electron chi connectivity index (χ3n) is 5.99. The molecular formula is C25H25N3O2. The van der Waals surface area contributed by atoms with Gasteiger partial charge in [0.15, 0.2) is 11.5 Å². The second-order valence-electron chi connectivity index (χ2n) is 9.07. The maximum Gasteiger partial charge on any atom is 0.261 e. The summed E-state index contributed by atoms with van der Waals surface area (Å²) in [4.78, 5) is 19.3. The lowest BCUT2D eigenvalue weighted by molar-refractivity contribution is -0.133. The van der Waals surface area contributed by atoms with Gasteiger partial charge >= 0.3 is 0 Å². The summed E-state index contributed by atoms with van der Waals surface area (Å²) < 4.78 is 6.21. The van der Waals surface area contributed by atoms with Crippen LogP contribution in [0.1, 0.15) is 44.2 Å². The van der Waals surface area contributed by atoms with E-state index in [1.54, 1.807) is 7.05 Å². The number of aliphatic imine (C=N–C) groups is 1. The summed E-state index contributed by atoms with van der Waals surface area (Å²) in [5, 5.41) is 0. The Bertz CT molecular complexity index is 1150. The van der Waals surface area contributed by atoms with Gasteiger partial charge in [-0.15, -0.1) is 0 Å². The van der Waals surface area contributed by atoms with Crippen LogP contribution in [0, 0.1) is 17.8 Å². The number of benzene rings is 2. The van der Waals surface area contributed by atoms with Crippen LogP contribution in [-0.4, -0.2) is 29.4 Å². The van der Waals surface area contributed by atoms with E-state index in [4.69, 9.17) is 10.5 Å². The molecule has 2 N–H and O–H groups in total. The number of hydrogen-bond donors (Lipinski definition) is 1. The van der Waals surface area contributed by atoms with Crippen molar-refractivity contribution in [1.29, 1.82) is 0 Å². The van der Waals surface area contributed by atoms with E-state index in [0.29, 0.717) is 18.1 Å². The highest BCUT2D eigenvalue weighted by atomic mass is 16.5. The maximum atomic E-state index is 13.3. The summed E-state index contributed by atoms with van der Waals surface area (Å²) in [6.45, 7) is 3.95. The van der Waals surface area contributed by atoms with Gasteiger partial charge in [-0.25, -0.2) is 4.99 Å². The molecule has 1 atom stereocenters. The maximum absolute atomic E-state index is 13.3. The fraction of sp³-hybridized carbons (Fsp3) is 0.360. The van der Waals surface area contributed by atoms with Gasteiger partial charge in [0.25, 0.3) is 5.91 Å². The molecule has 2 heterocycles. The molecule has 152 valence electrons. The van der Waals surface area contributed by atoms with Gasteiger partial charge in [-0.2, -0.15) is 0 Å². The molecule has 5 heteroatoms. The molecule has 1 fully saturated rings. The Balaban J connectivity index is 1.61. The predicted molar refractivity (Wildman–Crippen MR) is 117 cm³/mol. The summed E-state index contributed by atoms with van der Waals surface area (Å²) in [6, 6.07) is 14.2. The zero-order valence-electron chi connectivity index (χ0n) is 17.5. The number of nitrogens with two attached hydrogens (primary N) is 1. The van der Waals surface area contributed by atoms with Gasteiger partial charge in [-0.05, 0) is 62.1 Å². The van der Waals surface area contributed by atoms with Crippen LogP contribution in [0.2, 0.25) is 0 Å². The number of hydrogen-bond acceptors (Lipinski definition) is 4. The van der Waals surface area contributed by atoms with Crippen molar-refractivity contribution < 1.29 is 9.53 Å². The SMILES string of the molecule is CN1C(=O)C2(CC(C)(C)Oc3ccc(-c4cccc(C#CC5CC5)c4)cc32)N=C1N. The number of ether oxygens (including phenoxy) is 1. The first-order chi connectivity index (χ1) is 14.3. The lowest BCUT2D eigenvalue weighted by Crippen LogP contribution is -2.49. The van der Waals surface area contributed by atoms with E-state index >= 15 is 0 Å². The Morgan fingerprint density at radius 3 is 2.63 bits per heavy atom. The Morgan fingerprint density at radius 1 is 1.17 bits per heavy atom. The molecule has 5 nitrogen and oxygen atoms in total. The van der Waals surface area contributed by atoms with Crippen molar-refractivity contribution in [3.8, 4) is 28.7 Å². The first-order valence-corrected chi connectivity index (χ1v) is 10.4. The van der Waals surface area contributed by atoms with Crippen molar-refractivity contribution >= 4 is 11.9 Å². The highest BCUT2D eigenvalue weighted by Crippen LogP contribution is 2.49. The summed E-state index contributed by atoms with van der Waals surface area (Å²) in [6.07, 6.45) is 2.86. The Labute approximate surface area is 176 Å². The summed E-state index contributed by atoms with van der Waals surface area (Å²) >= 11 is 0. The number of carbonyl (C=O) groups is 1. The van der Waals surface area contributed by atoms with Gasteiger partial charge in [-0.1, -0.05) is 30.0 Å². The summed E-state index contributed by atoms with van der Waals surface area (Å²) in [7, 11) is 1.67. The zero-order chi connectivity index (χ0) is 21.1. The topological polar surface area (TPSA) is 67.9 Å². The smallest absolute Gasteiger partial charge is 0.261 e. The van der Waals surface area contributed by atoms with Crippen LogP contribution in [0.15, 0.2) is 47.5 Å². The van der Waals surface area contributed by atoms with Crippen LogP contribution in [-0.2, 0) is 10.3 Å². The molecule has 5 rings (SSSR count). The molecule has 1 saturated carbocycles. The number of amides is 1. The fourth-order valence-corrected chi connectivity index (χ4v) is 4.35. The third-order valence-corrected chi connectivity index (χ3v) is 5.99. The van der Waals surface area contributed by atoms with Gasteiger partial charge in [0.2, 0.25) is 0 Å². The van der Waals surface area contributed by atoms with Gasteiger partial charge < -0.3 is 10.5 Å². The molecule has 2 aromatic rings. The molecule has 1 aliphatic carbocycles. The first-order valence-electron chi connectivity index (χ1n) is 10.4.